The molecule has 124 valence electrons. The van der Waals surface area contributed by atoms with E-state index in [-0.39, 0.29) is 6.10 Å². The average molecular weight is 342 g/mol. The molecule has 3 heterocycles. The van der Waals surface area contributed by atoms with Gasteiger partial charge in [0.2, 0.25) is 0 Å². The maximum atomic E-state index is 5.98. The van der Waals surface area contributed by atoms with Crippen LogP contribution in [0.25, 0.3) is 10.9 Å². The zero-order valence-electron chi connectivity index (χ0n) is 13.4. The minimum atomic E-state index is 0.165. The Morgan fingerprint density at radius 2 is 2.29 bits per heavy atom. The summed E-state index contributed by atoms with van der Waals surface area (Å²) in [6, 6.07) is 7.66. The molecule has 0 bridgehead atoms. The summed E-state index contributed by atoms with van der Waals surface area (Å²) in [5.41, 5.74) is 1.79. The van der Waals surface area contributed by atoms with E-state index in [0.29, 0.717) is 6.61 Å². The Morgan fingerprint density at radius 3 is 3.12 bits per heavy atom. The van der Waals surface area contributed by atoms with Crippen LogP contribution in [0.2, 0.25) is 0 Å². The second-order valence-corrected chi connectivity index (χ2v) is 6.55. The number of benzene rings is 1. The number of fused-ring (bicyclic) bond motifs is 1. The fraction of sp³-hybridized carbons (Fsp3) is 0.333. The SMILES string of the molecule is COc1ccc2c(OCc3csc(C4CCCO4)n3)ccnc2c1. The molecule has 1 aliphatic heterocycles. The minimum Gasteiger partial charge on any atom is -0.497 e. The summed E-state index contributed by atoms with van der Waals surface area (Å²) in [5, 5.41) is 4.06. The molecular weight excluding hydrogens is 324 g/mol. The molecule has 1 aromatic carbocycles. The van der Waals surface area contributed by atoms with Crippen molar-refractivity contribution in [2.24, 2.45) is 0 Å². The number of rotatable bonds is 5. The number of hydrogen-bond acceptors (Lipinski definition) is 6. The van der Waals surface area contributed by atoms with Crippen molar-refractivity contribution in [2.75, 3.05) is 13.7 Å². The highest BCUT2D eigenvalue weighted by Gasteiger charge is 2.21. The number of hydrogen-bond donors (Lipinski definition) is 0. The molecule has 0 N–H and O–H groups in total. The van der Waals surface area contributed by atoms with Crippen LogP contribution in [0, 0.1) is 0 Å². The van der Waals surface area contributed by atoms with Crippen molar-refractivity contribution < 1.29 is 14.2 Å². The van der Waals surface area contributed by atoms with Gasteiger partial charge in [0.15, 0.2) is 0 Å². The van der Waals surface area contributed by atoms with Gasteiger partial charge in [0.05, 0.1) is 18.3 Å². The lowest BCUT2D eigenvalue weighted by Gasteiger charge is -2.09. The van der Waals surface area contributed by atoms with Crippen molar-refractivity contribution >= 4 is 22.2 Å². The first-order chi connectivity index (χ1) is 11.8. The Bertz CT molecular complexity index is 843. The Hall–Kier alpha value is -2.18. The van der Waals surface area contributed by atoms with Gasteiger partial charge in [-0.3, -0.25) is 4.98 Å². The van der Waals surface area contributed by atoms with E-state index in [0.717, 1.165) is 52.6 Å². The molecule has 6 heteroatoms. The van der Waals surface area contributed by atoms with Gasteiger partial charge in [0.25, 0.3) is 0 Å². The van der Waals surface area contributed by atoms with Crippen LogP contribution >= 0.6 is 11.3 Å². The van der Waals surface area contributed by atoms with Gasteiger partial charge >= 0.3 is 0 Å². The molecule has 5 nitrogen and oxygen atoms in total. The highest BCUT2D eigenvalue weighted by atomic mass is 32.1. The zero-order valence-corrected chi connectivity index (χ0v) is 14.2. The quantitative estimate of drug-likeness (QED) is 0.698. The topological polar surface area (TPSA) is 53.5 Å². The Kier molecular flexibility index (Phi) is 4.32. The molecule has 4 rings (SSSR count). The van der Waals surface area contributed by atoms with Crippen molar-refractivity contribution in [3.63, 3.8) is 0 Å². The number of thiazole rings is 1. The average Bonchev–Trinajstić information content (AvgIpc) is 3.30. The predicted octanol–water partition coefficient (Wildman–Crippen LogP) is 4.13. The maximum absolute atomic E-state index is 5.98. The lowest BCUT2D eigenvalue weighted by molar-refractivity contribution is 0.111. The largest absolute Gasteiger partial charge is 0.497 e. The molecule has 1 fully saturated rings. The molecule has 1 aliphatic rings. The molecule has 1 saturated heterocycles. The molecule has 0 amide bonds. The van der Waals surface area contributed by atoms with Gasteiger partial charge < -0.3 is 14.2 Å². The van der Waals surface area contributed by atoms with Crippen molar-refractivity contribution in [3.8, 4) is 11.5 Å². The van der Waals surface area contributed by atoms with E-state index in [1.54, 1.807) is 24.6 Å². The predicted molar refractivity (Wildman–Crippen MR) is 92.7 cm³/mol. The highest BCUT2D eigenvalue weighted by Crippen LogP contribution is 2.31. The summed E-state index contributed by atoms with van der Waals surface area (Å²) in [6.07, 6.45) is 4.08. The van der Waals surface area contributed by atoms with E-state index in [1.165, 1.54) is 0 Å². The van der Waals surface area contributed by atoms with Crippen LogP contribution in [0.1, 0.15) is 29.6 Å². The van der Waals surface area contributed by atoms with Gasteiger partial charge in [-0.15, -0.1) is 11.3 Å². The van der Waals surface area contributed by atoms with Crippen LogP contribution < -0.4 is 9.47 Å². The maximum Gasteiger partial charge on any atom is 0.131 e. The minimum absolute atomic E-state index is 0.165. The monoisotopic (exact) mass is 342 g/mol. The first-order valence-corrected chi connectivity index (χ1v) is 8.83. The van der Waals surface area contributed by atoms with E-state index < -0.39 is 0 Å². The van der Waals surface area contributed by atoms with E-state index in [1.807, 2.05) is 29.6 Å². The molecule has 0 radical (unpaired) electrons. The molecule has 1 atom stereocenters. The molecule has 24 heavy (non-hydrogen) atoms. The van der Waals surface area contributed by atoms with Crippen LogP contribution in [0.3, 0.4) is 0 Å². The fourth-order valence-electron chi connectivity index (χ4n) is 2.82. The second kappa shape index (κ2) is 6.75. The van der Waals surface area contributed by atoms with Gasteiger partial charge in [0.1, 0.15) is 29.2 Å². The van der Waals surface area contributed by atoms with E-state index in [2.05, 4.69) is 9.97 Å². The Morgan fingerprint density at radius 1 is 1.33 bits per heavy atom. The van der Waals surface area contributed by atoms with Gasteiger partial charge in [-0.25, -0.2) is 4.98 Å². The second-order valence-electron chi connectivity index (χ2n) is 5.66. The summed E-state index contributed by atoms with van der Waals surface area (Å²) in [6.45, 7) is 1.27. The van der Waals surface area contributed by atoms with Crippen LogP contribution in [0.5, 0.6) is 11.5 Å². The molecule has 0 aliphatic carbocycles. The molecule has 2 aromatic heterocycles. The van der Waals surface area contributed by atoms with Crippen LogP contribution in [0.15, 0.2) is 35.8 Å². The van der Waals surface area contributed by atoms with Crippen LogP contribution in [-0.2, 0) is 11.3 Å². The molecule has 1 unspecified atom stereocenters. The van der Waals surface area contributed by atoms with E-state index in [4.69, 9.17) is 14.2 Å². The number of aromatic nitrogens is 2. The van der Waals surface area contributed by atoms with Crippen molar-refractivity contribution in [1.29, 1.82) is 0 Å². The molecule has 0 saturated carbocycles. The lowest BCUT2D eigenvalue weighted by atomic mass is 10.2. The molecule has 0 spiro atoms. The molecular formula is C18H18N2O3S. The summed E-state index contributed by atoms with van der Waals surface area (Å²) < 4.78 is 16.9. The van der Waals surface area contributed by atoms with Crippen molar-refractivity contribution in [3.05, 3.63) is 46.5 Å². The summed E-state index contributed by atoms with van der Waals surface area (Å²) >= 11 is 1.65. The summed E-state index contributed by atoms with van der Waals surface area (Å²) in [4.78, 5) is 9.02. The van der Waals surface area contributed by atoms with Crippen molar-refractivity contribution in [2.45, 2.75) is 25.6 Å². The number of methoxy groups -OCH3 is 1. The van der Waals surface area contributed by atoms with Gasteiger partial charge in [0, 0.05) is 29.6 Å². The van der Waals surface area contributed by atoms with Crippen LogP contribution in [0.4, 0.5) is 0 Å². The number of ether oxygens (including phenoxy) is 3. The highest BCUT2D eigenvalue weighted by molar-refractivity contribution is 7.09. The smallest absolute Gasteiger partial charge is 0.131 e. The fourth-order valence-corrected chi connectivity index (χ4v) is 3.70. The standard InChI is InChI=1S/C18H18N2O3S/c1-21-13-4-5-14-15(9-13)19-7-6-16(14)23-10-12-11-24-18(20-12)17-3-2-8-22-17/h4-7,9,11,17H,2-3,8,10H2,1H3. The van der Waals surface area contributed by atoms with Gasteiger partial charge in [-0.05, 0) is 31.0 Å². The van der Waals surface area contributed by atoms with Crippen molar-refractivity contribution in [1.82, 2.24) is 9.97 Å². The van der Waals surface area contributed by atoms with E-state index in [9.17, 15) is 0 Å². The lowest BCUT2D eigenvalue weighted by Crippen LogP contribution is -1.99. The number of pyridine rings is 1. The van der Waals surface area contributed by atoms with E-state index >= 15 is 0 Å². The summed E-state index contributed by atoms with van der Waals surface area (Å²) in [7, 11) is 1.65. The zero-order chi connectivity index (χ0) is 16.4. The normalized spacial score (nSPS) is 17.3. The van der Waals surface area contributed by atoms with Gasteiger partial charge in [-0.2, -0.15) is 0 Å². The Labute approximate surface area is 144 Å². The summed E-state index contributed by atoms with van der Waals surface area (Å²) in [5.74, 6) is 1.59. The Balaban J connectivity index is 1.50. The third-order valence-electron chi connectivity index (χ3n) is 4.06. The van der Waals surface area contributed by atoms with Crippen LogP contribution in [-0.4, -0.2) is 23.7 Å². The molecule has 3 aromatic rings. The third kappa shape index (κ3) is 3.07. The third-order valence-corrected chi connectivity index (χ3v) is 5.05. The first kappa shape index (κ1) is 15.4. The number of nitrogens with zero attached hydrogens (tertiary/aromatic N) is 2. The first-order valence-electron chi connectivity index (χ1n) is 7.95. The van der Waals surface area contributed by atoms with Gasteiger partial charge in [-0.1, -0.05) is 0 Å².